The average Bonchev–Trinajstić information content (AvgIpc) is 3.41. The molecule has 7 atom stereocenters. The predicted molar refractivity (Wildman–Crippen MR) is 129 cm³/mol. The van der Waals surface area contributed by atoms with Crippen molar-refractivity contribution in [2.45, 2.75) is 78.2 Å². The number of esters is 1. The van der Waals surface area contributed by atoms with Crippen LogP contribution in [0, 0.1) is 34.5 Å². The minimum Gasteiger partial charge on any atom is -0.462 e. The maximum absolute atomic E-state index is 12.7. The van der Waals surface area contributed by atoms with Gasteiger partial charge in [0.2, 0.25) is 0 Å². The highest BCUT2D eigenvalue weighted by atomic mass is 16.5. The normalized spacial score (nSPS) is 41.7. The molecule has 0 aromatic carbocycles. The lowest BCUT2D eigenvalue weighted by Gasteiger charge is -2.59. The van der Waals surface area contributed by atoms with Crippen LogP contribution in [0.3, 0.4) is 0 Å². The summed E-state index contributed by atoms with van der Waals surface area (Å²) in [6, 6.07) is 0. The van der Waals surface area contributed by atoms with E-state index in [2.05, 4.69) is 42.4 Å². The zero-order chi connectivity index (χ0) is 23.4. The van der Waals surface area contributed by atoms with Crippen molar-refractivity contribution >= 4 is 11.8 Å². The van der Waals surface area contributed by atoms with Crippen LogP contribution in [0.1, 0.15) is 72.1 Å². The van der Waals surface area contributed by atoms with Crippen LogP contribution in [0.4, 0.5) is 0 Å². The molecule has 5 aliphatic rings. The van der Waals surface area contributed by atoms with Gasteiger partial charge < -0.3 is 9.64 Å². The largest absolute Gasteiger partial charge is 0.462 e. The average molecular weight is 450 g/mol. The van der Waals surface area contributed by atoms with Crippen LogP contribution in [-0.2, 0) is 14.3 Å². The van der Waals surface area contributed by atoms with Crippen molar-refractivity contribution in [3.05, 3.63) is 41.8 Å². The second-order valence-electron chi connectivity index (χ2n) is 11.5. The standard InChI is InChI=1S/C29H39NO3/c1-5-13-29-18-26(33-20(3)32)27-23(25(29)11-10-24(29)19(2)31)9-8-21-17-22(12-14-28(21,27)4)30-15-6-7-16-30/h8,13,17,23-27H,1,6-7,9-12,14-16,18H2,2-4H3/t23-,24+,25-,26?,27+,28-,29+/m0/s1. The molecule has 0 amide bonds. The maximum Gasteiger partial charge on any atom is 0.302 e. The third kappa shape index (κ3) is 3.48. The van der Waals surface area contributed by atoms with Gasteiger partial charge in [0, 0.05) is 43.0 Å². The van der Waals surface area contributed by atoms with Crippen LogP contribution < -0.4 is 0 Å². The molecule has 4 nitrogen and oxygen atoms in total. The van der Waals surface area contributed by atoms with E-state index in [9.17, 15) is 9.59 Å². The first-order chi connectivity index (χ1) is 15.8. The van der Waals surface area contributed by atoms with E-state index in [1.54, 1.807) is 6.92 Å². The fourth-order valence-corrected chi connectivity index (χ4v) is 8.73. The van der Waals surface area contributed by atoms with E-state index >= 15 is 0 Å². The number of carbonyl (C=O) groups is 2. The predicted octanol–water partition coefficient (Wildman–Crippen LogP) is 5.61. The number of allylic oxidation sites excluding steroid dienone is 5. The van der Waals surface area contributed by atoms with Gasteiger partial charge >= 0.3 is 5.97 Å². The van der Waals surface area contributed by atoms with Gasteiger partial charge in [0.15, 0.2) is 0 Å². The lowest BCUT2D eigenvalue weighted by Crippen LogP contribution is -2.57. The van der Waals surface area contributed by atoms with Crippen LogP contribution in [-0.4, -0.2) is 35.8 Å². The molecule has 1 saturated heterocycles. The molecule has 4 aliphatic carbocycles. The molecular formula is C29H39NO3. The van der Waals surface area contributed by atoms with Crippen molar-refractivity contribution in [3.8, 4) is 0 Å². The molecule has 0 spiro atoms. The Hall–Kier alpha value is -2.06. The Morgan fingerprint density at radius 2 is 2.00 bits per heavy atom. The Balaban J connectivity index is 1.57. The summed E-state index contributed by atoms with van der Waals surface area (Å²) in [5.41, 5.74) is 5.72. The molecule has 1 unspecified atom stereocenters. The van der Waals surface area contributed by atoms with Gasteiger partial charge in [-0.25, -0.2) is 0 Å². The summed E-state index contributed by atoms with van der Waals surface area (Å²) in [5.74, 6) is 1.12. The van der Waals surface area contributed by atoms with Crippen LogP contribution >= 0.6 is 0 Å². The summed E-state index contributed by atoms with van der Waals surface area (Å²) in [7, 11) is 0. The number of ketones is 1. The molecule has 33 heavy (non-hydrogen) atoms. The molecule has 0 bridgehead atoms. The number of carbonyl (C=O) groups excluding carboxylic acids is 2. The molecule has 0 radical (unpaired) electrons. The van der Waals surface area contributed by atoms with Crippen LogP contribution in [0.25, 0.3) is 0 Å². The number of ether oxygens (including phenoxy) is 1. The van der Waals surface area contributed by atoms with Crippen molar-refractivity contribution in [1.29, 1.82) is 0 Å². The number of rotatable bonds is 4. The van der Waals surface area contributed by atoms with E-state index < -0.39 is 0 Å². The summed E-state index contributed by atoms with van der Waals surface area (Å²) in [6.07, 6.45) is 15.3. The second-order valence-corrected chi connectivity index (χ2v) is 11.5. The number of Topliss-reactive ketones (excluding diaryl/α,β-unsaturated/α-hetero) is 1. The molecular weight excluding hydrogens is 410 g/mol. The number of hydrogen-bond donors (Lipinski definition) is 0. The number of likely N-dealkylation sites (tertiary alicyclic amines) is 1. The van der Waals surface area contributed by atoms with Crippen LogP contribution in [0.15, 0.2) is 41.8 Å². The molecule has 1 heterocycles. The number of nitrogens with zero attached hydrogens (tertiary/aromatic N) is 1. The quantitative estimate of drug-likeness (QED) is 0.414. The van der Waals surface area contributed by atoms with Gasteiger partial charge in [0.25, 0.3) is 0 Å². The Labute approximate surface area is 198 Å². The van der Waals surface area contributed by atoms with Crippen molar-refractivity contribution in [1.82, 2.24) is 4.90 Å². The monoisotopic (exact) mass is 449 g/mol. The van der Waals surface area contributed by atoms with Crippen molar-refractivity contribution in [2.24, 2.45) is 34.5 Å². The van der Waals surface area contributed by atoms with Gasteiger partial charge in [-0.05, 0) is 93.3 Å². The molecule has 3 fully saturated rings. The Kier molecular flexibility index (Phi) is 5.72. The van der Waals surface area contributed by atoms with E-state index in [-0.39, 0.29) is 34.6 Å². The maximum atomic E-state index is 12.7. The van der Waals surface area contributed by atoms with Gasteiger partial charge in [0.05, 0.1) is 0 Å². The van der Waals surface area contributed by atoms with E-state index in [1.807, 2.05) is 0 Å². The lowest BCUT2D eigenvalue weighted by molar-refractivity contribution is -0.169. The van der Waals surface area contributed by atoms with Gasteiger partial charge in [0.1, 0.15) is 11.9 Å². The SMILES string of the molecule is C=C=C[C@]12CC(OC(C)=O)[C@H]3[C@@H](CC=C4C=C(N5CCCC5)CC[C@@]43C)[C@@H]1CC[C@@H]2C(C)=O. The third-order valence-electron chi connectivity index (χ3n) is 9.96. The first kappa shape index (κ1) is 22.7. The molecule has 0 aromatic heterocycles. The topological polar surface area (TPSA) is 46.6 Å². The number of fused-ring (bicyclic) bond motifs is 5. The van der Waals surface area contributed by atoms with Crippen LogP contribution in [0.2, 0.25) is 0 Å². The zero-order valence-electron chi connectivity index (χ0n) is 20.6. The fourth-order valence-electron chi connectivity index (χ4n) is 8.73. The molecule has 178 valence electrons. The van der Waals surface area contributed by atoms with Crippen LogP contribution in [0.5, 0.6) is 0 Å². The molecule has 1 aliphatic heterocycles. The van der Waals surface area contributed by atoms with E-state index in [0.717, 1.165) is 38.5 Å². The Morgan fingerprint density at radius 3 is 2.67 bits per heavy atom. The van der Waals surface area contributed by atoms with Crippen molar-refractivity contribution < 1.29 is 14.3 Å². The number of hydrogen-bond acceptors (Lipinski definition) is 4. The first-order valence-electron chi connectivity index (χ1n) is 13.0. The zero-order valence-corrected chi connectivity index (χ0v) is 20.6. The van der Waals surface area contributed by atoms with Gasteiger partial charge in [-0.15, -0.1) is 5.73 Å². The summed E-state index contributed by atoms with van der Waals surface area (Å²) >= 11 is 0. The second kappa shape index (κ2) is 8.31. The fraction of sp³-hybridized carbons (Fsp3) is 0.690. The van der Waals surface area contributed by atoms with E-state index in [1.165, 1.54) is 44.1 Å². The summed E-state index contributed by atoms with van der Waals surface area (Å²) in [4.78, 5) is 27.6. The Morgan fingerprint density at radius 1 is 1.24 bits per heavy atom. The lowest BCUT2D eigenvalue weighted by atomic mass is 9.46. The molecule has 5 rings (SSSR count). The van der Waals surface area contributed by atoms with E-state index in [0.29, 0.717) is 17.8 Å². The summed E-state index contributed by atoms with van der Waals surface area (Å²) in [6.45, 7) is 11.9. The summed E-state index contributed by atoms with van der Waals surface area (Å²) < 4.78 is 6.13. The highest BCUT2D eigenvalue weighted by Gasteiger charge is 2.64. The van der Waals surface area contributed by atoms with Crippen molar-refractivity contribution in [2.75, 3.05) is 13.1 Å². The highest BCUT2D eigenvalue weighted by Crippen LogP contribution is 2.67. The van der Waals surface area contributed by atoms with E-state index in [4.69, 9.17) is 4.74 Å². The molecule has 2 saturated carbocycles. The van der Waals surface area contributed by atoms with Gasteiger partial charge in [-0.1, -0.05) is 19.6 Å². The first-order valence-corrected chi connectivity index (χ1v) is 13.0. The van der Waals surface area contributed by atoms with Gasteiger partial charge in [-0.3, -0.25) is 9.59 Å². The smallest absolute Gasteiger partial charge is 0.302 e. The molecule has 0 N–H and O–H groups in total. The van der Waals surface area contributed by atoms with Crippen molar-refractivity contribution in [3.63, 3.8) is 0 Å². The van der Waals surface area contributed by atoms with Gasteiger partial charge in [-0.2, -0.15) is 0 Å². The summed E-state index contributed by atoms with van der Waals surface area (Å²) in [5, 5.41) is 0. The minimum absolute atomic E-state index is 0.00458. The Bertz CT molecular complexity index is 950. The minimum atomic E-state index is -0.290. The molecule has 4 heteroatoms. The molecule has 0 aromatic rings. The third-order valence-corrected chi connectivity index (χ3v) is 9.96. The highest BCUT2D eigenvalue weighted by molar-refractivity contribution is 5.80.